The van der Waals surface area contributed by atoms with Crippen molar-refractivity contribution >= 4 is 59.6 Å². The van der Waals surface area contributed by atoms with Gasteiger partial charge in [0.25, 0.3) is 16.5 Å². The molecule has 14 nitrogen and oxygen atoms in total. The molecule has 5 heterocycles. The molecule has 0 radical (unpaired) electrons. The number of allylic oxidation sites excluding steroid dienone is 1. The van der Waals surface area contributed by atoms with Gasteiger partial charge in [0.05, 0.1) is 25.6 Å². The van der Waals surface area contributed by atoms with Crippen LogP contribution in [0.3, 0.4) is 0 Å². The average molecular weight is 637 g/mol. The third-order valence-electron chi connectivity index (χ3n) is 3.52. The van der Waals surface area contributed by atoms with E-state index in [1.807, 2.05) is 0 Å². The lowest BCUT2D eigenvalue weighted by molar-refractivity contribution is -0.141. The molecule has 0 aromatic heterocycles. The SMILES string of the molecule is C=C1CCCC(=O)O1.O=C1OCC(F)O1.O=C1O[C@H](F)[C@@H](F)O1.O=S1(=O)CCCO1.O=S1OCCO1.P=S. The zero-order valence-corrected chi connectivity index (χ0v) is 22.8. The first kappa shape index (κ1) is 36.0. The maximum absolute atomic E-state index is 11.6. The second kappa shape index (κ2) is 20.0. The van der Waals surface area contributed by atoms with Gasteiger partial charge in [0, 0.05) is 12.8 Å². The number of rotatable bonds is 0. The lowest BCUT2D eigenvalue weighted by atomic mass is 10.2. The highest BCUT2D eigenvalue weighted by atomic mass is 32.4. The Balaban J connectivity index is 0.000000444. The van der Waals surface area contributed by atoms with E-state index >= 15 is 0 Å². The van der Waals surface area contributed by atoms with Crippen LogP contribution in [0.1, 0.15) is 25.7 Å². The molecule has 0 saturated carbocycles. The van der Waals surface area contributed by atoms with Gasteiger partial charge in [0.15, 0.2) is 6.61 Å². The molecule has 5 aliphatic heterocycles. The number of esters is 1. The van der Waals surface area contributed by atoms with E-state index in [9.17, 15) is 40.2 Å². The minimum absolute atomic E-state index is 0.138. The van der Waals surface area contributed by atoms with Crippen LogP contribution in [-0.2, 0) is 74.3 Å². The minimum Gasteiger partial charge on any atom is -0.432 e. The van der Waals surface area contributed by atoms with Crippen LogP contribution in [0.2, 0.25) is 0 Å². The van der Waals surface area contributed by atoms with Gasteiger partial charge in [-0.25, -0.2) is 9.59 Å². The summed E-state index contributed by atoms with van der Waals surface area (Å²) in [5.74, 6) is 0.676. The largest absolute Gasteiger partial charge is 0.513 e. The highest BCUT2D eigenvalue weighted by molar-refractivity contribution is 7.88. The number of ether oxygens (including phenoxy) is 5. The first-order valence-corrected chi connectivity index (χ1v) is 14.4. The van der Waals surface area contributed by atoms with Gasteiger partial charge in [0.2, 0.25) is 0 Å². The smallest absolute Gasteiger partial charge is 0.432 e. The Kier molecular flexibility index (Phi) is 19.0. The number of carbonyl (C=O) groups is 3. The third kappa shape index (κ3) is 18.3. The van der Waals surface area contributed by atoms with Crippen LogP contribution < -0.4 is 0 Å². The van der Waals surface area contributed by atoms with Crippen molar-refractivity contribution in [1.82, 2.24) is 0 Å². The molecule has 0 aromatic carbocycles. The summed E-state index contributed by atoms with van der Waals surface area (Å²) in [7, 11) is -0.491. The van der Waals surface area contributed by atoms with Crippen LogP contribution in [0.25, 0.3) is 0 Å². The van der Waals surface area contributed by atoms with Crippen molar-refractivity contribution in [1.29, 1.82) is 0 Å². The molecule has 0 aromatic rings. The first-order chi connectivity index (χ1) is 17.9. The van der Waals surface area contributed by atoms with Gasteiger partial charge in [-0.3, -0.25) is 17.3 Å². The van der Waals surface area contributed by atoms with Crippen molar-refractivity contribution in [2.24, 2.45) is 0 Å². The molecule has 38 heavy (non-hydrogen) atoms. The zero-order chi connectivity index (χ0) is 29.1. The zero-order valence-electron chi connectivity index (χ0n) is 19.4. The number of alkyl halides is 3. The van der Waals surface area contributed by atoms with Crippen LogP contribution in [0.15, 0.2) is 12.3 Å². The Bertz CT molecular complexity index is 864. The summed E-state index contributed by atoms with van der Waals surface area (Å²) in [6, 6.07) is 0. The summed E-state index contributed by atoms with van der Waals surface area (Å²) in [5, 5.41) is 0. The van der Waals surface area contributed by atoms with Crippen LogP contribution in [0.5, 0.6) is 0 Å². The topological polar surface area (TPSA) is 176 Å². The van der Waals surface area contributed by atoms with Crippen molar-refractivity contribution in [3.05, 3.63) is 12.3 Å². The molecule has 0 amide bonds. The van der Waals surface area contributed by atoms with Crippen molar-refractivity contribution in [3.8, 4) is 0 Å². The lowest BCUT2D eigenvalue weighted by Gasteiger charge is -2.11. The molecule has 5 fully saturated rings. The van der Waals surface area contributed by atoms with Crippen LogP contribution >= 0.6 is 8.02 Å². The summed E-state index contributed by atoms with van der Waals surface area (Å²) < 4.78 is 98.0. The van der Waals surface area contributed by atoms with E-state index in [1.165, 1.54) is 0 Å². The molecule has 0 N–H and O–H groups in total. The summed E-state index contributed by atoms with van der Waals surface area (Å²) in [4.78, 5) is 29.9. The van der Waals surface area contributed by atoms with Gasteiger partial charge >= 0.3 is 42.4 Å². The average Bonchev–Trinajstić information content (AvgIpc) is 3.63. The number of hydrogen-bond donors (Lipinski definition) is 0. The fraction of sp³-hybridized carbons (Fsp3) is 0.706. The lowest BCUT2D eigenvalue weighted by Crippen LogP contribution is -2.09. The summed E-state index contributed by atoms with van der Waals surface area (Å²) in [6.07, 6.45) is -5.32. The predicted molar refractivity (Wildman–Crippen MR) is 124 cm³/mol. The summed E-state index contributed by atoms with van der Waals surface area (Å²) in [6.45, 7) is 4.56. The van der Waals surface area contributed by atoms with E-state index in [1.54, 1.807) is 0 Å². The molecule has 0 bridgehead atoms. The molecule has 5 rings (SSSR count). The predicted octanol–water partition coefficient (Wildman–Crippen LogP) is 2.36. The van der Waals surface area contributed by atoms with Crippen LogP contribution in [0.4, 0.5) is 22.8 Å². The van der Waals surface area contributed by atoms with Gasteiger partial charge in [0.1, 0.15) is 5.76 Å². The number of halogens is 3. The molecular formula is C17H24F3O14PS3. The molecular weight excluding hydrogens is 612 g/mol. The van der Waals surface area contributed by atoms with E-state index < -0.39 is 52.9 Å². The Hall–Kier alpha value is -1.96. The number of cyclic esters (lactones) is 5. The van der Waals surface area contributed by atoms with Crippen molar-refractivity contribution in [2.45, 2.75) is 44.8 Å². The van der Waals surface area contributed by atoms with E-state index in [4.69, 9.17) is 0 Å². The van der Waals surface area contributed by atoms with Gasteiger partial charge < -0.3 is 23.7 Å². The molecule has 5 saturated heterocycles. The van der Waals surface area contributed by atoms with Crippen molar-refractivity contribution in [2.75, 3.05) is 32.2 Å². The van der Waals surface area contributed by atoms with Crippen molar-refractivity contribution < 1.29 is 76.4 Å². The van der Waals surface area contributed by atoms with E-state index in [0.717, 1.165) is 12.8 Å². The van der Waals surface area contributed by atoms with E-state index in [2.05, 4.69) is 62.6 Å². The van der Waals surface area contributed by atoms with E-state index in [0.29, 0.717) is 38.4 Å². The quantitative estimate of drug-likeness (QED) is 0.164. The molecule has 220 valence electrons. The Morgan fingerprint density at radius 3 is 1.66 bits per heavy atom. The second-order valence-electron chi connectivity index (χ2n) is 6.43. The van der Waals surface area contributed by atoms with Gasteiger partial charge in [-0.05, 0) is 20.9 Å². The Morgan fingerprint density at radius 2 is 1.47 bits per heavy atom. The van der Waals surface area contributed by atoms with Gasteiger partial charge in [-0.1, -0.05) is 18.4 Å². The molecule has 0 aliphatic carbocycles. The second-order valence-corrected chi connectivity index (χ2v) is 9.07. The maximum Gasteiger partial charge on any atom is 0.513 e. The van der Waals surface area contributed by atoms with Gasteiger partial charge in [-0.2, -0.15) is 25.8 Å². The summed E-state index contributed by atoms with van der Waals surface area (Å²) in [5.41, 5.74) is 0. The molecule has 0 spiro atoms. The molecule has 3 atom stereocenters. The molecule has 21 heteroatoms. The Morgan fingerprint density at radius 1 is 0.895 bits per heavy atom. The van der Waals surface area contributed by atoms with Crippen molar-refractivity contribution in [3.63, 3.8) is 0 Å². The summed E-state index contributed by atoms with van der Waals surface area (Å²) >= 11 is 2.47. The Labute approximate surface area is 225 Å². The minimum atomic E-state index is -3.05. The first-order valence-electron chi connectivity index (χ1n) is 10.1. The maximum atomic E-state index is 11.6. The fourth-order valence-corrected chi connectivity index (χ4v) is 3.47. The fourth-order valence-electron chi connectivity index (χ4n) is 2.04. The molecule has 5 aliphatic rings. The van der Waals surface area contributed by atoms with Crippen LogP contribution in [-0.4, -0.2) is 82.2 Å². The normalized spacial score (nSPS) is 26.7. The number of carbonyl (C=O) groups excluding carboxylic acids is 3. The monoisotopic (exact) mass is 636 g/mol. The highest BCUT2D eigenvalue weighted by Gasteiger charge is 2.36. The van der Waals surface area contributed by atoms with E-state index in [-0.39, 0.29) is 18.3 Å². The standard InChI is InChI=1S/C6H8O2.C3H2F2O3.C3H3FO3.C3H6O3S.C2H4O3S.HPS/c1-5-3-2-4-6(7)8-5;4-1-2(5)8-3(6)7-1;4-2-1-6-3(5)7-2;4-7(5)3-1-2-6-7;3-6-4-1-2-5-6;1-2/h1-4H2;1-2H;2H,1H2;1-3H2;1-2H2;1H/t;1-,2-;;;;/m.0..../s1. The van der Waals surface area contributed by atoms with Crippen LogP contribution in [0, 0.1) is 0 Å². The number of hydrogen-bond acceptors (Lipinski definition) is 15. The molecule has 1 unspecified atom stereocenters. The highest BCUT2D eigenvalue weighted by Crippen LogP contribution is 2.16. The third-order valence-corrected chi connectivity index (χ3v) is 5.55. The van der Waals surface area contributed by atoms with Gasteiger partial charge in [-0.15, -0.1) is 0 Å².